The van der Waals surface area contributed by atoms with Gasteiger partial charge in [0.2, 0.25) is 0 Å². The molecule has 0 amide bonds. The smallest absolute Gasteiger partial charge is 0.164 e. The van der Waals surface area contributed by atoms with Crippen molar-refractivity contribution in [2.45, 2.75) is 130 Å². The van der Waals surface area contributed by atoms with E-state index >= 15 is 0 Å². The molecule has 0 aliphatic heterocycles. The van der Waals surface area contributed by atoms with E-state index in [0.717, 1.165) is 24.7 Å². The number of carbonyl (C=O) groups is 1. The Morgan fingerprint density at radius 2 is 1.03 bits per heavy atom. The van der Waals surface area contributed by atoms with Crippen LogP contribution in [0.4, 0.5) is 0 Å². The maximum atomic E-state index is 12.1. The molecular formula is C26H52O6. The summed E-state index contributed by atoms with van der Waals surface area (Å²) in [6.07, 6.45) is 5.04. The summed E-state index contributed by atoms with van der Waals surface area (Å²) < 4.78 is 0. The highest BCUT2D eigenvalue weighted by molar-refractivity contribution is 5.83. The van der Waals surface area contributed by atoms with Gasteiger partial charge in [0.15, 0.2) is 5.78 Å². The van der Waals surface area contributed by atoms with Crippen LogP contribution in [0.25, 0.3) is 0 Å². The quantitative estimate of drug-likeness (QED) is 0.188. The minimum Gasteiger partial charge on any atom is -0.394 e. The molecule has 5 N–H and O–H groups in total. The normalized spacial score (nSPS) is 18.7. The summed E-state index contributed by atoms with van der Waals surface area (Å²) in [4.78, 5) is 12.1. The molecule has 0 aliphatic carbocycles. The van der Waals surface area contributed by atoms with Gasteiger partial charge in [-0.1, -0.05) is 92.4 Å². The Balaban J connectivity index is 3.95. The molecule has 0 aromatic carbocycles. The SMILES string of the molecule is CC(C)CCCC(C)CCCC(C)CCCC(C)CCC(=O)[C@@H](O)[C@@H](O)[C@H](O)[C@H](O)CO. The van der Waals surface area contributed by atoms with E-state index in [1.165, 1.54) is 44.9 Å². The van der Waals surface area contributed by atoms with Gasteiger partial charge in [0.1, 0.15) is 24.4 Å². The molecule has 0 aromatic rings. The predicted molar refractivity (Wildman–Crippen MR) is 129 cm³/mol. The fourth-order valence-corrected chi connectivity index (χ4v) is 4.19. The zero-order valence-corrected chi connectivity index (χ0v) is 21.2. The highest BCUT2D eigenvalue weighted by Crippen LogP contribution is 2.23. The van der Waals surface area contributed by atoms with E-state index in [-0.39, 0.29) is 6.42 Å². The Bertz CT molecular complexity index is 469. The number of ketones is 1. The van der Waals surface area contributed by atoms with Gasteiger partial charge in [-0.3, -0.25) is 4.79 Å². The molecule has 6 heteroatoms. The molecule has 0 aromatic heterocycles. The molecule has 6 nitrogen and oxygen atoms in total. The molecule has 0 rings (SSSR count). The molecule has 0 fully saturated rings. The molecule has 0 radical (unpaired) electrons. The Kier molecular flexibility index (Phi) is 17.6. The van der Waals surface area contributed by atoms with Crippen molar-refractivity contribution in [3.63, 3.8) is 0 Å². The van der Waals surface area contributed by atoms with Crippen LogP contribution in [0.2, 0.25) is 0 Å². The molecular weight excluding hydrogens is 408 g/mol. The van der Waals surface area contributed by atoms with Crippen molar-refractivity contribution >= 4 is 5.78 Å². The lowest BCUT2D eigenvalue weighted by Crippen LogP contribution is -2.48. The van der Waals surface area contributed by atoms with Gasteiger partial charge < -0.3 is 25.5 Å². The summed E-state index contributed by atoms with van der Waals surface area (Å²) in [6.45, 7) is 10.6. The second kappa shape index (κ2) is 17.9. The third-order valence-electron chi connectivity index (χ3n) is 6.73. The summed E-state index contributed by atoms with van der Waals surface area (Å²) in [5.41, 5.74) is 0. The van der Waals surface area contributed by atoms with Crippen LogP contribution in [0.3, 0.4) is 0 Å². The van der Waals surface area contributed by atoms with Crippen molar-refractivity contribution < 1.29 is 30.3 Å². The van der Waals surface area contributed by atoms with Crippen molar-refractivity contribution in [2.24, 2.45) is 23.7 Å². The van der Waals surface area contributed by atoms with Gasteiger partial charge >= 0.3 is 0 Å². The molecule has 192 valence electrons. The molecule has 0 bridgehead atoms. The summed E-state index contributed by atoms with van der Waals surface area (Å²) in [6, 6.07) is 0. The van der Waals surface area contributed by atoms with Crippen LogP contribution in [-0.4, -0.2) is 62.3 Å². The van der Waals surface area contributed by atoms with Crippen molar-refractivity contribution in [1.29, 1.82) is 0 Å². The van der Waals surface area contributed by atoms with Gasteiger partial charge in [-0.25, -0.2) is 0 Å². The number of Topliss-reactive ketones (excluding diaryl/α,β-unsaturated/α-hetero) is 1. The van der Waals surface area contributed by atoms with Crippen LogP contribution >= 0.6 is 0 Å². The first-order chi connectivity index (χ1) is 15.0. The third kappa shape index (κ3) is 14.6. The first-order valence-corrected chi connectivity index (χ1v) is 12.8. The third-order valence-corrected chi connectivity index (χ3v) is 6.73. The molecule has 0 saturated carbocycles. The van der Waals surface area contributed by atoms with Crippen LogP contribution in [0, 0.1) is 23.7 Å². The number of rotatable bonds is 20. The first-order valence-electron chi connectivity index (χ1n) is 12.8. The molecule has 0 heterocycles. The van der Waals surface area contributed by atoms with Crippen LogP contribution < -0.4 is 0 Å². The Morgan fingerprint density at radius 1 is 0.625 bits per heavy atom. The lowest BCUT2D eigenvalue weighted by atomic mass is 9.90. The van der Waals surface area contributed by atoms with Crippen molar-refractivity contribution in [3.8, 4) is 0 Å². The number of aliphatic hydroxyl groups is 5. The van der Waals surface area contributed by atoms with E-state index in [1.54, 1.807) is 0 Å². The average molecular weight is 461 g/mol. The van der Waals surface area contributed by atoms with E-state index < -0.39 is 36.8 Å². The molecule has 0 aliphatic rings. The van der Waals surface area contributed by atoms with Gasteiger partial charge in [-0.05, 0) is 30.1 Å². The molecule has 0 spiro atoms. The number of hydrogen-bond acceptors (Lipinski definition) is 6. The minimum atomic E-state index is -1.81. The predicted octanol–water partition coefficient (Wildman–Crippen LogP) is 3.85. The molecule has 32 heavy (non-hydrogen) atoms. The average Bonchev–Trinajstić information content (AvgIpc) is 2.74. The number of aliphatic hydroxyl groups excluding tert-OH is 5. The summed E-state index contributed by atoms with van der Waals surface area (Å²) >= 11 is 0. The zero-order chi connectivity index (χ0) is 24.7. The van der Waals surface area contributed by atoms with E-state index in [2.05, 4.69) is 34.6 Å². The van der Waals surface area contributed by atoms with Crippen LogP contribution in [-0.2, 0) is 4.79 Å². The van der Waals surface area contributed by atoms with Gasteiger partial charge in [-0.15, -0.1) is 0 Å². The highest BCUT2D eigenvalue weighted by atomic mass is 16.4. The lowest BCUT2D eigenvalue weighted by Gasteiger charge is -2.25. The maximum Gasteiger partial charge on any atom is 0.164 e. The van der Waals surface area contributed by atoms with E-state index in [0.29, 0.717) is 18.3 Å². The van der Waals surface area contributed by atoms with Crippen LogP contribution in [0.15, 0.2) is 0 Å². The van der Waals surface area contributed by atoms with Crippen LogP contribution in [0.1, 0.15) is 105 Å². The van der Waals surface area contributed by atoms with Gasteiger partial charge in [0, 0.05) is 6.42 Å². The topological polar surface area (TPSA) is 118 Å². The summed E-state index contributed by atoms with van der Waals surface area (Å²) in [5, 5.41) is 47.5. The largest absolute Gasteiger partial charge is 0.394 e. The van der Waals surface area contributed by atoms with Crippen molar-refractivity contribution in [1.82, 2.24) is 0 Å². The lowest BCUT2D eigenvalue weighted by molar-refractivity contribution is -0.147. The maximum absolute atomic E-state index is 12.1. The Morgan fingerprint density at radius 3 is 1.44 bits per heavy atom. The van der Waals surface area contributed by atoms with E-state index in [1.807, 2.05) is 0 Å². The molecule has 0 saturated heterocycles. The summed E-state index contributed by atoms with van der Waals surface area (Å²) in [5.74, 6) is 2.12. The molecule has 7 atom stereocenters. The summed E-state index contributed by atoms with van der Waals surface area (Å²) in [7, 11) is 0. The second-order valence-electron chi connectivity index (χ2n) is 10.7. The number of carbonyl (C=O) groups excluding carboxylic acids is 1. The van der Waals surface area contributed by atoms with E-state index in [4.69, 9.17) is 5.11 Å². The van der Waals surface area contributed by atoms with Crippen LogP contribution in [0.5, 0.6) is 0 Å². The van der Waals surface area contributed by atoms with Gasteiger partial charge in [0.25, 0.3) is 0 Å². The van der Waals surface area contributed by atoms with E-state index in [9.17, 15) is 25.2 Å². The monoisotopic (exact) mass is 460 g/mol. The van der Waals surface area contributed by atoms with Gasteiger partial charge in [-0.2, -0.15) is 0 Å². The molecule has 3 unspecified atom stereocenters. The first kappa shape index (κ1) is 31.5. The van der Waals surface area contributed by atoms with Crippen molar-refractivity contribution in [3.05, 3.63) is 0 Å². The highest BCUT2D eigenvalue weighted by Gasteiger charge is 2.33. The fraction of sp³-hybridized carbons (Fsp3) is 0.962. The van der Waals surface area contributed by atoms with Gasteiger partial charge in [0.05, 0.1) is 6.61 Å². The zero-order valence-electron chi connectivity index (χ0n) is 21.2. The Labute approximate surface area is 196 Å². The standard InChI is InChI=1S/C26H52O6/c1-18(2)9-6-10-19(3)11-7-12-20(4)13-8-14-21(5)15-16-22(28)24(30)26(32)25(31)23(29)17-27/h18-21,23-27,29-32H,6-17H2,1-5H3/t19?,20?,21?,23-,24-,25-,26-/m1/s1. The fourth-order valence-electron chi connectivity index (χ4n) is 4.19. The number of hydrogen-bond donors (Lipinski definition) is 5. The van der Waals surface area contributed by atoms with Crippen molar-refractivity contribution in [2.75, 3.05) is 6.61 Å². The minimum absolute atomic E-state index is 0.117. The Hall–Kier alpha value is -0.530. The second-order valence-corrected chi connectivity index (χ2v) is 10.7.